The number of rotatable bonds is 31. The smallest absolute Gasteiger partial charge is 0.326 e. The Morgan fingerprint density at radius 2 is 0.935 bits per heavy atom. The number of hydrogen-bond donors (Lipinski definition) is 13. The number of nitrogens with zero attached hydrogens (tertiary/aromatic N) is 1. The number of nitrogens with two attached hydrogens (primary N) is 3. The Balaban J connectivity index is 6.62. The standard InChI is InChI=1S/C38H66N10O14/c1-7-20(6)30(48-34(58)24(12-15-28(53)54)44-32(56)23(11-14-27(51)52)43-31(55)21(39)10-13-26(49)50)36(60)45-22(9-8-16-42-38(40)41)33(57)47-29(19(4)5)35(59)46-25(37(61)62)17-18(2)3/h18-25,29-30H,7-17,39H2,1-6H3,(H,43,55)(H,44,56)(H,45,60)(H,46,59)(H,47,57)(H,48,58)(H,49,50)(H,51,52)(H,53,54)(H,61,62)(H4,40,41,42)/t20-,21-,22-,23-,24-,25-,29-,30-/m0/s1. The van der Waals surface area contributed by atoms with Crippen molar-refractivity contribution in [3.05, 3.63) is 0 Å². The lowest BCUT2D eigenvalue weighted by atomic mass is 9.96. The summed E-state index contributed by atoms with van der Waals surface area (Å²) in [6.07, 6.45) is -2.74. The van der Waals surface area contributed by atoms with Crippen LogP contribution in [-0.4, -0.2) is 135 Å². The van der Waals surface area contributed by atoms with Crippen LogP contribution in [0.2, 0.25) is 0 Å². The Morgan fingerprint density at radius 3 is 1.37 bits per heavy atom. The molecule has 0 aromatic rings. The third-order valence-electron chi connectivity index (χ3n) is 9.51. The molecule has 0 aliphatic carbocycles. The molecule has 0 fully saturated rings. The summed E-state index contributed by atoms with van der Waals surface area (Å²) < 4.78 is 0. The fraction of sp³-hybridized carbons (Fsp3) is 0.711. The number of hydrogen-bond acceptors (Lipinski definition) is 12. The predicted molar refractivity (Wildman–Crippen MR) is 221 cm³/mol. The predicted octanol–water partition coefficient (Wildman–Crippen LogP) is -2.30. The van der Waals surface area contributed by atoms with E-state index in [9.17, 15) is 63.3 Å². The van der Waals surface area contributed by atoms with Crippen LogP contribution in [0.15, 0.2) is 4.99 Å². The summed E-state index contributed by atoms with van der Waals surface area (Å²) in [4.78, 5) is 131. The second-order valence-electron chi connectivity index (χ2n) is 15.7. The fourth-order valence-electron chi connectivity index (χ4n) is 5.77. The summed E-state index contributed by atoms with van der Waals surface area (Å²) in [5, 5.41) is 51.9. The van der Waals surface area contributed by atoms with Crippen molar-refractivity contribution in [1.82, 2.24) is 31.9 Å². The van der Waals surface area contributed by atoms with E-state index < -0.39 is 146 Å². The maximum Gasteiger partial charge on any atom is 0.326 e. The monoisotopic (exact) mass is 886 g/mol. The normalized spacial score (nSPS) is 14.9. The van der Waals surface area contributed by atoms with E-state index in [4.69, 9.17) is 22.3 Å². The molecule has 0 spiro atoms. The molecule has 352 valence electrons. The van der Waals surface area contributed by atoms with Gasteiger partial charge in [0, 0.05) is 25.8 Å². The summed E-state index contributed by atoms with van der Waals surface area (Å²) >= 11 is 0. The summed E-state index contributed by atoms with van der Waals surface area (Å²) in [6.45, 7) is 10.1. The average Bonchev–Trinajstić information content (AvgIpc) is 3.17. The van der Waals surface area contributed by atoms with Crippen LogP contribution < -0.4 is 49.1 Å². The third-order valence-corrected chi connectivity index (χ3v) is 9.51. The number of guanidine groups is 1. The maximum absolute atomic E-state index is 14.0. The lowest BCUT2D eigenvalue weighted by Crippen LogP contribution is -2.61. The number of nitrogens with one attached hydrogen (secondary N) is 6. The Hall–Kier alpha value is -6.07. The number of aliphatic carboxylic acids is 4. The molecule has 62 heavy (non-hydrogen) atoms. The van der Waals surface area contributed by atoms with Crippen LogP contribution in [-0.2, 0) is 47.9 Å². The second kappa shape index (κ2) is 28.5. The second-order valence-corrected chi connectivity index (χ2v) is 15.7. The molecule has 0 unspecified atom stereocenters. The van der Waals surface area contributed by atoms with Gasteiger partial charge < -0.3 is 69.5 Å². The third kappa shape index (κ3) is 22.5. The van der Waals surface area contributed by atoms with E-state index >= 15 is 0 Å². The summed E-state index contributed by atoms with van der Waals surface area (Å²) in [6, 6.07) is -9.98. The molecule has 0 radical (unpaired) electrons. The molecule has 24 nitrogen and oxygen atoms in total. The molecule has 0 rings (SSSR count). The molecule has 6 amide bonds. The molecule has 0 saturated carbocycles. The van der Waals surface area contributed by atoms with Crippen molar-refractivity contribution in [1.29, 1.82) is 0 Å². The van der Waals surface area contributed by atoms with Crippen LogP contribution in [0.3, 0.4) is 0 Å². The highest BCUT2D eigenvalue weighted by Gasteiger charge is 2.36. The number of carbonyl (C=O) groups excluding carboxylic acids is 6. The van der Waals surface area contributed by atoms with Gasteiger partial charge >= 0.3 is 23.9 Å². The van der Waals surface area contributed by atoms with E-state index in [0.29, 0.717) is 0 Å². The topological polar surface area (TPSA) is 414 Å². The van der Waals surface area contributed by atoms with Gasteiger partial charge in [-0.2, -0.15) is 0 Å². The summed E-state index contributed by atoms with van der Waals surface area (Å²) in [5.41, 5.74) is 16.6. The Labute approximate surface area is 359 Å². The van der Waals surface area contributed by atoms with Crippen molar-refractivity contribution in [2.45, 2.75) is 148 Å². The van der Waals surface area contributed by atoms with E-state index in [2.05, 4.69) is 36.9 Å². The van der Waals surface area contributed by atoms with E-state index in [1.165, 1.54) is 0 Å². The largest absolute Gasteiger partial charge is 0.481 e. The number of carbonyl (C=O) groups is 10. The van der Waals surface area contributed by atoms with Crippen LogP contribution in [0.25, 0.3) is 0 Å². The van der Waals surface area contributed by atoms with Crippen molar-refractivity contribution in [2.75, 3.05) is 6.54 Å². The lowest BCUT2D eigenvalue weighted by molar-refractivity contribution is -0.143. The molecule has 0 bridgehead atoms. The quantitative estimate of drug-likeness (QED) is 0.0198. The van der Waals surface area contributed by atoms with Crippen LogP contribution in [0.5, 0.6) is 0 Å². The van der Waals surface area contributed by atoms with Gasteiger partial charge in [0.05, 0.1) is 6.04 Å². The maximum atomic E-state index is 14.0. The van der Waals surface area contributed by atoms with Gasteiger partial charge in [0.2, 0.25) is 35.4 Å². The van der Waals surface area contributed by atoms with Crippen molar-refractivity contribution >= 4 is 65.3 Å². The molecule has 0 aliphatic rings. The number of carboxylic acids is 4. The van der Waals surface area contributed by atoms with E-state index in [1.807, 2.05) is 0 Å². The average molecular weight is 887 g/mol. The van der Waals surface area contributed by atoms with Gasteiger partial charge in [-0.15, -0.1) is 0 Å². The zero-order valence-electron chi connectivity index (χ0n) is 36.1. The Kier molecular flexibility index (Phi) is 25.7. The van der Waals surface area contributed by atoms with Gasteiger partial charge in [0.25, 0.3) is 0 Å². The number of carboxylic acid groups (broad SMARTS) is 4. The molecular weight excluding hydrogens is 820 g/mol. The zero-order valence-corrected chi connectivity index (χ0v) is 36.1. The fourth-order valence-corrected chi connectivity index (χ4v) is 5.77. The highest BCUT2D eigenvalue weighted by molar-refractivity contribution is 5.97. The first-order valence-electron chi connectivity index (χ1n) is 20.3. The summed E-state index contributed by atoms with van der Waals surface area (Å²) in [5.74, 6) is -12.5. The van der Waals surface area contributed by atoms with Crippen LogP contribution in [0.1, 0.15) is 106 Å². The molecule has 0 heterocycles. The minimum absolute atomic E-state index is 0.0320. The number of amides is 6. The first-order valence-corrected chi connectivity index (χ1v) is 20.3. The van der Waals surface area contributed by atoms with Crippen LogP contribution in [0, 0.1) is 17.8 Å². The van der Waals surface area contributed by atoms with Gasteiger partial charge in [-0.1, -0.05) is 48.0 Å². The summed E-state index contributed by atoms with van der Waals surface area (Å²) in [7, 11) is 0. The zero-order chi connectivity index (χ0) is 47.9. The Morgan fingerprint density at radius 1 is 0.532 bits per heavy atom. The first kappa shape index (κ1) is 55.9. The van der Waals surface area contributed by atoms with E-state index in [-0.39, 0.29) is 50.5 Å². The van der Waals surface area contributed by atoms with Gasteiger partial charge in [-0.05, 0) is 56.3 Å². The highest BCUT2D eigenvalue weighted by atomic mass is 16.4. The highest BCUT2D eigenvalue weighted by Crippen LogP contribution is 2.13. The van der Waals surface area contributed by atoms with Crippen LogP contribution >= 0.6 is 0 Å². The van der Waals surface area contributed by atoms with Gasteiger partial charge in [0.15, 0.2) is 5.96 Å². The molecule has 0 aromatic heterocycles. The van der Waals surface area contributed by atoms with Gasteiger partial charge in [0.1, 0.15) is 36.3 Å². The first-order chi connectivity index (χ1) is 28.8. The lowest BCUT2D eigenvalue weighted by Gasteiger charge is -2.30. The Bertz CT molecular complexity index is 1600. The van der Waals surface area contributed by atoms with Crippen molar-refractivity contribution < 1.29 is 68.4 Å². The van der Waals surface area contributed by atoms with Crippen molar-refractivity contribution in [3.63, 3.8) is 0 Å². The molecule has 16 N–H and O–H groups in total. The van der Waals surface area contributed by atoms with E-state index in [0.717, 1.165) is 0 Å². The molecule has 0 saturated heterocycles. The molecular formula is C38H66N10O14. The van der Waals surface area contributed by atoms with Crippen molar-refractivity contribution in [2.24, 2.45) is 39.9 Å². The van der Waals surface area contributed by atoms with Gasteiger partial charge in [-0.3, -0.25) is 48.1 Å². The van der Waals surface area contributed by atoms with Crippen molar-refractivity contribution in [3.8, 4) is 0 Å². The molecule has 0 aliphatic heterocycles. The SMILES string of the molecule is CC[C@H](C)[C@H](NC(=O)[C@H](CCC(=O)O)NC(=O)[C@H](CCC(=O)O)NC(=O)[C@@H](N)CCC(=O)O)C(=O)N[C@@H](CCCN=C(N)N)C(=O)N[C@H](C(=O)N[C@@H](CC(C)C)C(=O)O)C(C)C. The molecule has 24 heteroatoms. The van der Waals surface area contributed by atoms with Gasteiger partial charge in [-0.25, -0.2) is 4.79 Å². The van der Waals surface area contributed by atoms with Crippen LogP contribution in [0.4, 0.5) is 0 Å². The molecule has 8 atom stereocenters. The minimum Gasteiger partial charge on any atom is -0.481 e. The van der Waals surface area contributed by atoms with E-state index in [1.54, 1.807) is 41.5 Å². The minimum atomic E-state index is -1.67. The molecule has 0 aromatic carbocycles. The number of aliphatic imine (C=N–C) groups is 1.